The number of benzene rings is 1. The molecule has 6 nitrogen and oxygen atoms in total. The van der Waals surface area contributed by atoms with E-state index in [4.69, 9.17) is 16.3 Å². The summed E-state index contributed by atoms with van der Waals surface area (Å²) in [6.07, 6.45) is 2.01. The van der Waals surface area contributed by atoms with Crippen molar-refractivity contribution in [2.24, 2.45) is 0 Å². The quantitative estimate of drug-likeness (QED) is 0.709. The fourth-order valence-electron chi connectivity index (χ4n) is 3.49. The Hall–Kier alpha value is -2.70. The molecular weight excluding hydrogens is 388 g/mol. The zero-order chi connectivity index (χ0) is 20.4. The van der Waals surface area contributed by atoms with Crippen molar-refractivity contribution in [3.8, 4) is 0 Å². The SMILES string of the molecule is Cc1nc2ccc(Cl)cc2cc1C(=O)NCc1ccc(N2CCO[C@@H](C)C2)nc1. The Morgan fingerprint density at radius 2 is 2.17 bits per heavy atom. The van der Waals surface area contributed by atoms with Crippen molar-refractivity contribution >= 4 is 34.2 Å². The van der Waals surface area contributed by atoms with E-state index in [1.807, 2.05) is 37.3 Å². The number of carbonyl (C=O) groups is 1. The summed E-state index contributed by atoms with van der Waals surface area (Å²) in [6.45, 7) is 6.69. The Bertz CT molecular complexity index is 1040. The molecule has 1 amide bonds. The van der Waals surface area contributed by atoms with Gasteiger partial charge in [0.05, 0.1) is 29.5 Å². The summed E-state index contributed by atoms with van der Waals surface area (Å²) in [7, 11) is 0. The Kier molecular flexibility index (Phi) is 5.65. The molecule has 1 atom stereocenters. The number of rotatable bonds is 4. The van der Waals surface area contributed by atoms with Gasteiger partial charge < -0.3 is 15.0 Å². The summed E-state index contributed by atoms with van der Waals surface area (Å²) >= 11 is 6.06. The van der Waals surface area contributed by atoms with Crippen LogP contribution in [0, 0.1) is 6.92 Å². The third-order valence-corrected chi connectivity index (χ3v) is 5.27. The number of pyridine rings is 2. The van der Waals surface area contributed by atoms with Gasteiger partial charge in [0.15, 0.2) is 0 Å². The molecule has 7 heteroatoms. The molecule has 1 N–H and O–H groups in total. The molecule has 0 bridgehead atoms. The first-order chi connectivity index (χ1) is 14.0. The molecule has 0 saturated carbocycles. The predicted molar refractivity (Wildman–Crippen MR) is 115 cm³/mol. The summed E-state index contributed by atoms with van der Waals surface area (Å²) in [5.74, 6) is 0.768. The molecule has 0 aliphatic carbocycles. The lowest BCUT2D eigenvalue weighted by atomic mass is 10.1. The van der Waals surface area contributed by atoms with Gasteiger partial charge in [-0.3, -0.25) is 9.78 Å². The standard InChI is InChI=1S/C22H23ClN4O2/c1-14-13-27(7-8-29-14)21-6-3-16(11-24-21)12-25-22(28)19-10-17-9-18(23)4-5-20(17)26-15(19)2/h3-6,9-11,14H,7-8,12-13H2,1-2H3,(H,25,28)/t14-/m0/s1. The van der Waals surface area contributed by atoms with Crippen molar-refractivity contribution < 1.29 is 9.53 Å². The summed E-state index contributed by atoms with van der Waals surface area (Å²) in [6, 6.07) is 11.3. The molecule has 1 fully saturated rings. The van der Waals surface area contributed by atoms with Crippen molar-refractivity contribution in [1.82, 2.24) is 15.3 Å². The highest BCUT2D eigenvalue weighted by molar-refractivity contribution is 6.31. The van der Waals surface area contributed by atoms with Crippen molar-refractivity contribution in [2.45, 2.75) is 26.5 Å². The van der Waals surface area contributed by atoms with Crippen LogP contribution in [-0.2, 0) is 11.3 Å². The van der Waals surface area contributed by atoms with Crippen molar-refractivity contribution in [3.63, 3.8) is 0 Å². The van der Waals surface area contributed by atoms with E-state index in [1.54, 1.807) is 12.3 Å². The Balaban J connectivity index is 1.43. The summed E-state index contributed by atoms with van der Waals surface area (Å²) in [5.41, 5.74) is 3.00. The molecule has 29 heavy (non-hydrogen) atoms. The van der Waals surface area contributed by atoms with Gasteiger partial charge in [-0.15, -0.1) is 0 Å². The first-order valence-corrected chi connectivity index (χ1v) is 10.0. The maximum atomic E-state index is 12.7. The number of carbonyl (C=O) groups excluding carboxylic acids is 1. The largest absolute Gasteiger partial charge is 0.375 e. The van der Waals surface area contributed by atoms with Gasteiger partial charge in [-0.05, 0) is 49.7 Å². The van der Waals surface area contributed by atoms with Crippen LogP contribution in [-0.4, -0.2) is 41.7 Å². The Morgan fingerprint density at radius 3 is 2.93 bits per heavy atom. The van der Waals surface area contributed by atoms with Crippen LogP contribution in [0.15, 0.2) is 42.6 Å². The third kappa shape index (κ3) is 4.49. The van der Waals surface area contributed by atoms with Crippen molar-refractivity contribution in [2.75, 3.05) is 24.6 Å². The van der Waals surface area contributed by atoms with Gasteiger partial charge in [0, 0.05) is 36.2 Å². The Morgan fingerprint density at radius 1 is 1.31 bits per heavy atom. The van der Waals surface area contributed by atoms with E-state index in [0.717, 1.165) is 35.4 Å². The Labute approximate surface area is 174 Å². The lowest BCUT2D eigenvalue weighted by Crippen LogP contribution is -2.41. The number of anilines is 1. The molecule has 3 heterocycles. The molecule has 3 aromatic rings. The summed E-state index contributed by atoms with van der Waals surface area (Å²) in [4.78, 5) is 24.0. The second-order valence-corrected chi connectivity index (χ2v) is 7.73. The van der Waals surface area contributed by atoms with Gasteiger partial charge in [-0.25, -0.2) is 4.98 Å². The maximum Gasteiger partial charge on any atom is 0.253 e. The average Bonchev–Trinajstić information content (AvgIpc) is 2.72. The highest BCUT2D eigenvalue weighted by Gasteiger charge is 2.18. The van der Waals surface area contributed by atoms with Gasteiger partial charge in [0.1, 0.15) is 5.82 Å². The average molecular weight is 411 g/mol. The van der Waals surface area contributed by atoms with Gasteiger partial charge >= 0.3 is 0 Å². The molecule has 1 saturated heterocycles. The van der Waals surface area contributed by atoms with E-state index in [-0.39, 0.29) is 12.0 Å². The minimum absolute atomic E-state index is 0.164. The van der Waals surface area contributed by atoms with E-state index in [2.05, 4.69) is 27.1 Å². The normalized spacial score (nSPS) is 16.8. The van der Waals surface area contributed by atoms with Crippen LogP contribution in [0.1, 0.15) is 28.5 Å². The van der Waals surface area contributed by atoms with E-state index >= 15 is 0 Å². The number of aromatic nitrogens is 2. The molecule has 0 radical (unpaired) electrons. The number of fused-ring (bicyclic) bond motifs is 1. The van der Waals surface area contributed by atoms with E-state index in [9.17, 15) is 4.79 Å². The summed E-state index contributed by atoms with van der Waals surface area (Å²) in [5, 5.41) is 4.42. The van der Waals surface area contributed by atoms with Crippen molar-refractivity contribution in [1.29, 1.82) is 0 Å². The second-order valence-electron chi connectivity index (χ2n) is 7.29. The first-order valence-electron chi connectivity index (χ1n) is 9.66. The van der Waals surface area contributed by atoms with Crippen LogP contribution < -0.4 is 10.2 Å². The fraction of sp³-hybridized carbons (Fsp3) is 0.318. The predicted octanol–water partition coefficient (Wildman–Crippen LogP) is 3.75. The number of morpholine rings is 1. The zero-order valence-corrected chi connectivity index (χ0v) is 17.2. The minimum Gasteiger partial charge on any atom is -0.375 e. The third-order valence-electron chi connectivity index (χ3n) is 5.04. The summed E-state index contributed by atoms with van der Waals surface area (Å²) < 4.78 is 5.57. The molecule has 0 spiro atoms. The lowest BCUT2D eigenvalue weighted by molar-refractivity contribution is 0.0529. The molecule has 1 aliphatic rings. The van der Waals surface area contributed by atoms with Crippen LogP contribution in [0.3, 0.4) is 0 Å². The fourth-order valence-corrected chi connectivity index (χ4v) is 3.67. The molecule has 0 unspecified atom stereocenters. The van der Waals surface area contributed by atoms with Gasteiger partial charge in [-0.2, -0.15) is 0 Å². The number of ether oxygens (including phenoxy) is 1. The number of hydrogen-bond acceptors (Lipinski definition) is 5. The van der Waals surface area contributed by atoms with Crippen molar-refractivity contribution in [3.05, 3.63) is 64.4 Å². The molecule has 1 aliphatic heterocycles. The number of amides is 1. The van der Waals surface area contributed by atoms with Crippen LogP contribution in [0.5, 0.6) is 0 Å². The zero-order valence-electron chi connectivity index (χ0n) is 16.5. The second kappa shape index (κ2) is 8.35. The van der Waals surface area contributed by atoms with Crippen LogP contribution in [0.4, 0.5) is 5.82 Å². The highest BCUT2D eigenvalue weighted by Crippen LogP contribution is 2.21. The van der Waals surface area contributed by atoms with Gasteiger partial charge in [-0.1, -0.05) is 17.7 Å². The number of halogens is 1. The highest BCUT2D eigenvalue weighted by atomic mass is 35.5. The first kappa shape index (κ1) is 19.6. The van der Waals surface area contributed by atoms with Gasteiger partial charge in [0.25, 0.3) is 5.91 Å². The molecule has 1 aromatic carbocycles. The van der Waals surface area contributed by atoms with Crippen LogP contribution in [0.25, 0.3) is 10.9 Å². The van der Waals surface area contributed by atoms with E-state index in [1.165, 1.54) is 0 Å². The number of hydrogen-bond donors (Lipinski definition) is 1. The molecule has 4 rings (SSSR count). The minimum atomic E-state index is -0.164. The molecular formula is C22H23ClN4O2. The van der Waals surface area contributed by atoms with E-state index < -0.39 is 0 Å². The van der Waals surface area contributed by atoms with Crippen LogP contribution in [0.2, 0.25) is 5.02 Å². The topological polar surface area (TPSA) is 67.4 Å². The molecule has 150 valence electrons. The van der Waals surface area contributed by atoms with E-state index in [0.29, 0.717) is 29.4 Å². The maximum absolute atomic E-state index is 12.7. The smallest absolute Gasteiger partial charge is 0.253 e. The van der Waals surface area contributed by atoms with Gasteiger partial charge in [0.2, 0.25) is 0 Å². The number of nitrogens with zero attached hydrogens (tertiary/aromatic N) is 3. The number of nitrogens with one attached hydrogen (secondary N) is 1. The van der Waals surface area contributed by atoms with Crippen LogP contribution >= 0.6 is 11.6 Å². The monoisotopic (exact) mass is 410 g/mol. The number of aryl methyl sites for hydroxylation is 1. The molecule has 2 aromatic heterocycles. The lowest BCUT2D eigenvalue weighted by Gasteiger charge is -2.32.